The Bertz CT molecular complexity index is 2060. The molecule has 1 saturated heterocycles. The van der Waals surface area contributed by atoms with Gasteiger partial charge in [0.1, 0.15) is 11.6 Å². The van der Waals surface area contributed by atoms with Crippen molar-refractivity contribution in [3.63, 3.8) is 0 Å². The third-order valence-electron chi connectivity index (χ3n) is 11.4. The van der Waals surface area contributed by atoms with E-state index in [1.165, 1.54) is 21.4 Å². The molecule has 9 rings (SSSR count). The van der Waals surface area contributed by atoms with E-state index in [9.17, 15) is 5.11 Å². The molecule has 8 heteroatoms. The van der Waals surface area contributed by atoms with Gasteiger partial charge in [-0.25, -0.2) is 0 Å². The van der Waals surface area contributed by atoms with Crippen LogP contribution in [0.5, 0.6) is 11.5 Å². The average Bonchev–Trinajstić information content (AvgIpc) is 3.57. The van der Waals surface area contributed by atoms with Crippen LogP contribution in [0.1, 0.15) is 46.0 Å². The molecule has 1 unspecified atom stereocenters. The summed E-state index contributed by atoms with van der Waals surface area (Å²) in [5, 5.41) is 14.0. The number of aromatic hydroxyl groups is 1. The summed E-state index contributed by atoms with van der Waals surface area (Å²) in [6.45, 7) is 6.97. The summed E-state index contributed by atoms with van der Waals surface area (Å²) < 4.78 is 17.0. The summed E-state index contributed by atoms with van der Waals surface area (Å²) in [5.41, 5.74) is 6.84. The van der Waals surface area contributed by atoms with Gasteiger partial charge in [-0.3, -0.25) is 0 Å². The molecule has 5 atom stereocenters. The minimum Gasteiger partial charge on any atom is -1.00 e. The summed E-state index contributed by atoms with van der Waals surface area (Å²) in [4.78, 5) is 1.48. The number of aromatic nitrogens is 1. The number of nitrogens with zero attached hydrogens (tertiary/aromatic N) is 1. The number of ether oxygens (including phenoxy) is 2. The van der Waals surface area contributed by atoms with E-state index in [2.05, 4.69) is 53.6 Å². The zero-order valence-electron chi connectivity index (χ0n) is 25.8. The summed E-state index contributed by atoms with van der Waals surface area (Å²) in [6.07, 6.45) is 4.10. The average molecular weight is 686 g/mol. The lowest BCUT2D eigenvalue weighted by atomic mass is 9.48. The zero-order chi connectivity index (χ0) is 31.2. The van der Waals surface area contributed by atoms with Crippen LogP contribution in [0.3, 0.4) is 0 Å². The van der Waals surface area contributed by atoms with E-state index < -0.39 is 11.0 Å². The number of halogens is 3. The first-order chi connectivity index (χ1) is 22.5. The number of quaternary nitrogens is 1. The maximum Gasteiger partial charge on any atom is 0.166 e. The number of piperidine rings is 1. The second-order valence-corrected chi connectivity index (χ2v) is 14.1. The smallest absolute Gasteiger partial charge is 0.166 e. The van der Waals surface area contributed by atoms with Gasteiger partial charge in [0.25, 0.3) is 0 Å². The zero-order valence-corrected chi connectivity index (χ0v) is 28.1. The first-order valence-electron chi connectivity index (χ1n) is 16.1. The van der Waals surface area contributed by atoms with Crippen molar-refractivity contribution in [1.29, 1.82) is 0 Å². The Balaban J connectivity index is 0.00000324. The third kappa shape index (κ3) is 4.17. The maximum atomic E-state index is 11.4. The monoisotopic (exact) mass is 684 g/mol. The highest BCUT2D eigenvalue weighted by molar-refractivity contribution is 6.31. The van der Waals surface area contributed by atoms with Crippen molar-refractivity contribution in [2.24, 2.45) is 0 Å². The molecule has 0 amide bonds. The van der Waals surface area contributed by atoms with Crippen molar-refractivity contribution in [2.45, 2.75) is 55.6 Å². The Labute approximate surface area is 290 Å². The molecule has 47 heavy (non-hydrogen) atoms. The molecule has 4 aromatic carbocycles. The van der Waals surface area contributed by atoms with Gasteiger partial charge >= 0.3 is 0 Å². The van der Waals surface area contributed by atoms with E-state index in [0.717, 1.165) is 65.3 Å². The minimum atomic E-state index is -0.619. The highest BCUT2D eigenvalue weighted by atomic mass is 35.5. The number of benzene rings is 4. The number of phenolic OH excluding ortho intramolecular Hbond substituents is 1. The largest absolute Gasteiger partial charge is 1.00 e. The van der Waals surface area contributed by atoms with Crippen molar-refractivity contribution in [3.05, 3.63) is 141 Å². The Morgan fingerprint density at radius 1 is 0.979 bits per heavy atom. The van der Waals surface area contributed by atoms with E-state index in [-0.39, 0.29) is 30.3 Å². The van der Waals surface area contributed by atoms with Gasteiger partial charge in [0.15, 0.2) is 17.6 Å². The predicted molar refractivity (Wildman–Crippen MR) is 181 cm³/mol. The molecule has 5 nitrogen and oxygen atoms in total. The highest BCUT2D eigenvalue weighted by Crippen LogP contribution is 2.69. The lowest BCUT2D eigenvalue weighted by molar-refractivity contribution is -0.937. The van der Waals surface area contributed by atoms with Gasteiger partial charge < -0.3 is 36.5 Å². The molecule has 2 N–H and O–H groups in total. The number of hydrogen-bond acceptors (Lipinski definition) is 3. The number of rotatable bonds is 7. The molecular weight excluding hydrogens is 651 g/mol. The quantitative estimate of drug-likeness (QED) is 0.255. The summed E-state index contributed by atoms with van der Waals surface area (Å²) in [6, 6.07) is 28.8. The van der Waals surface area contributed by atoms with Crippen LogP contribution in [-0.4, -0.2) is 34.4 Å². The highest BCUT2D eigenvalue weighted by Gasteiger charge is 2.76. The van der Waals surface area contributed by atoms with Gasteiger partial charge in [0.05, 0.1) is 30.8 Å². The van der Waals surface area contributed by atoms with Crippen LogP contribution in [0.15, 0.2) is 97.6 Å². The minimum absolute atomic E-state index is 0. The Kier molecular flexibility index (Phi) is 7.43. The van der Waals surface area contributed by atoms with E-state index in [1.807, 2.05) is 48.5 Å². The van der Waals surface area contributed by atoms with Crippen LogP contribution in [0.4, 0.5) is 0 Å². The third-order valence-corrected chi connectivity index (χ3v) is 12.1. The molecule has 4 aliphatic rings. The van der Waals surface area contributed by atoms with Gasteiger partial charge in [0, 0.05) is 52.3 Å². The second-order valence-electron chi connectivity index (χ2n) is 13.3. The second kappa shape index (κ2) is 11.3. The normalized spacial score (nSPS) is 26.2. The fourth-order valence-corrected chi connectivity index (χ4v) is 9.94. The Morgan fingerprint density at radius 2 is 1.70 bits per heavy atom. The molecule has 1 fully saturated rings. The van der Waals surface area contributed by atoms with Crippen molar-refractivity contribution in [1.82, 2.24) is 4.57 Å². The Morgan fingerprint density at radius 3 is 2.47 bits per heavy atom. The fraction of sp³-hybridized carbons (Fsp3) is 0.282. The van der Waals surface area contributed by atoms with Crippen LogP contribution in [0, 0.1) is 0 Å². The Hall–Kier alpha value is -3.45. The molecule has 0 radical (unpaired) electrons. The van der Waals surface area contributed by atoms with E-state index in [1.54, 1.807) is 0 Å². The van der Waals surface area contributed by atoms with Gasteiger partial charge in [-0.2, -0.15) is 0 Å². The molecule has 0 saturated carbocycles. The van der Waals surface area contributed by atoms with Gasteiger partial charge in [-0.15, -0.1) is 0 Å². The topological polar surface area (TPSA) is 48.1 Å². The van der Waals surface area contributed by atoms with Gasteiger partial charge in [-0.05, 0) is 52.6 Å². The van der Waals surface area contributed by atoms with Crippen molar-refractivity contribution >= 4 is 34.1 Å². The maximum absolute atomic E-state index is 11.4. The lowest BCUT2D eigenvalue weighted by Crippen LogP contribution is -3.21. The molecule has 1 spiro atoms. The standard InChI is InChI=1S/C39H34Cl2N2O3.ClH/c1-2-18-42-19-17-38-34-24-15-16-32(44)36(34)46-37(38)35-28(21-39(38,33(42)20-24)45-23-26-10-4-7-13-30(26)41)27-11-5-8-14-31(27)43(35)22-25-9-3-6-12-29(25)40;/h2-16,33,37,44H,1,17-23H2;1H/t33-,37-,38-,39+;/m0./s1. The number of para-hydroxylation sites is 1. The predicted octanol–water partition coefficient (Wildman–Crippen LogP) is 3.99. The van der Waals surface area contributed by atoms with Crippen molar-refractivity contribution in [2.75, 3.05) is 13.1 Å². The van der Waals surface area contributed by atoms with Crippen LogP contribution in [0.2, 0.25) is 10.0 Å². The van der Waals surface area contributed by atoms with Gasteiger partial charge in [0.2, 0.25) is 0 Å². The van der Waals surface area contributed by atoms with E-state index >= 15 is 0 Å². The summed E-state index contributed by atoms with van der Waals surface area (Å²) >= 11 is 13.5. The molecule has 2 aliphatic carbocycles. The number of fused-ring (bicyclic) bond motifs is 4. The van der Waals surface area contributed by atoms with Crippen molar-refractivity contribution in [3.8, 4) is 11.5 Å². The first-order valence-corrected chi connectivity index (χ1v) is 16.9. The molecular formula is C39H35Cl3N2O3. The van der Waals surface area contributed by atoms with Crippen LogP contribution < -0.4 is 22.0 Å². The van der Waals surface area contributed by atoms with E-state index in [4.69, 9.17) is 32.7 Å². The fourth-order valence-electron chi connectivity index (χ4n) is 9.56. The first kappa shape index (κ1) is 30.9. The molecule has 2 bridgehead atoms. The van der Waals surface area contributed by atoms with Gasteiger partial charge in [-0.1, -0.05) is 90.4 Å². The molecule has 2 aliphatic heterocycles. The number of hydrogen-bond donors (Lipinski definition) is 2. The summed E-state index contributed by atoms with van der Waals surface area (Å²) in [7, 11) is 0. The number of nitrogens with one attached hydrogen (secondary N) is 1. The summed E-state index contributed by atoms with van der Waals surface area (Å²) in [5.74, 6) is 0.804. The molecule has 3 heterocycles. The SMILES string of the molecule is C=CC[NH+]1CC[C@]23c4c5ccc(O)c4O[C@H]2c2c(c4ccccc4n2Cc2ccccc2Cl)C[C@@]3(OCc2ccccc2Cl)[C@@H]1C5.[Cl-]. The van der Waals surface area contributed by atoms with E-state index in [0.29, 0.717) is 23.9 Å². The lowest BCUT2D eigenvalue weighted by Gasteiger charge is -2.62. The van der Waals surface area contributed by atoms with Crippen LogP contribution in [-0.2, 0) is 36.1 Å². The molecule has 1 aromatic heterocycles. The molecule has 5 aromatic rings. The van der Waals surface area contributed by atoms with Crippen LogP contribution >= 0.6 is 23.2 Å². The van der Waals surface area contributed by atoms with Crippen molar-refractivity contribution < 1.29 is 31.9 Å². The number of likely N-dealkylation sites (tertiary alicyclic amines) is 1. The number of phenols is 1. The molecule has 240 valence electrons. The van der Waals surface area contributed by atoms with Crippen LogP contribution in [0.25, 0.3) is 10.9 Å².